The van der Waals surface area contributed by atoms with Crippen LogP contribution >= 0.6 is 0 Å². The fourth-order valence-corrected chi connectivity index (χ4v) is 4.33. The summed E-state index contributed by atoms with van der Waals surface area (Å²) in [5.74, 6) is -0.192. The minimum absolute atomic E-state index is 0.0358. The molecule has 6 heteroatoms. The van der Waals surface area contributed by atoms with E-state index in [9.17, 15) is 14.4 Å². The Bertz CT molecular complexity index is 685. The topological polar surface area (TPSA) is 50.6 Å². The van der Waals surface area contributed by atoms with Gasteiger partial charge in [0, 0.05) is 38.9 Å². The van der Waals surface area contributed by atoms with Gasteiger partial charge in [0.25, 0.3) is 0 Å². The zero-order valence-corrected chi connectivity index (χ0v) is 16.3. The van der Waals surface area contributed by atoms with Crippen molar-refractivity contribution in [1.29, 1.82) is 5.26 Å². The minimum Gasteiger partial charge on any atom is -0.369 e. The molecule has 1 atom stereocenters. The number of nitriles is 1. The van der Waals surface area contributed by atoms with Crippen LogP contribution in [0.3, 0.4) is 0 Å². The summed E-state index contributed by atoms with van der Waals surface area (Å²) in [6.45, 7) is 5.10. The minimum atomic E-state index is -0.639. The molecule has 1 amide bonds. The van der Waals surface area contributed by atoms with Gasteiger partial charge in [0.1, 0.15) is 11.4 Å². The lowest BCUT2D eigenvalue weighted by molar-refractivity contribution is -0.140. The standard InChI is InChI=1S/C21H29FN4O/c1-17(20(27)24(2)21(16-23)10-4-3-5-11-21)25-12-14-26(15-13-25)19-8-6-18(22)7-9-19/h6-9,17H,3-5,10-15H2,1-2H3/t17-/m0/s1. The summed E-state index contributed by atoms with van der Waals surface area (Å²) in [7, 11) is 1.79. The van der Waals surface area contributed by atoms with Gasteiger partial charge in [0.2, 0.25) is 5.91 Å². The van der Waals surface area contributed by atoms with Crippen molar-refractivity contribution in [3.63, 3.8) is 0 Å². The van der Waals surface area contributed by atoms with Gasteiger partial charge in [-0.05, 0) is 44.0 Å². The molecule has 3 rings (SSSR count). The van der Waals surface area contributed by atoms with Crippen LogP contribution in [0, 0.1) is 17.1 Å². The summed E-state index contributed by atoms with van der Waals surface area (Å²) >= 11 is 0. The van der Waals surface area contributed by atoms with Crippen molar-refractivity contribution in [2.45, 2.75) is 50.6 Å². The number of amides is 1. The van der Waals surface area contributed by atoms with Gasteiger partial charge in [-0.3, -0.25) is 9.69 Å². The lowest BCUT2D eigenvalue weighted by atomic mass is 9.81. The number of benzene rings is 1. The van der Waals surface area contributed by atoms with Gasteiger partial charge in [0.15, 0.2) is 0 Å². The van der Waals surface area contributed by atoms with E-state index in [0.717, 1.165) is 64.0 Å². The normalized spacial score (nSPS) is 21.3. The van der Waals surface area contributed by atoms with Crippen LogP contribution in [-0.2, 0) is 4.79 Å². The average Bonchev–Trinajstić information content (AvgIpc) is 2.73. The number of hydrogen-bond donors (Lipinski definition) is 0. The van der Waals surface area contributed by atoms with E-state index in [1.165, 1.54) is 12.1 Å². The molecule has 0 radical (unpaired) electrons. The SMILES string of the molecule is C[C@@H](C(=O)N(C)C1(C#N)CCCCC1)N1CCN(c2ccc(F)cc2)CC1. The highest BCUT2D eigenvalue weighted by Crippen LogP contribution is 2.33. The highest BCUT2D eigenvalue weighted by molar-refractivity contribution is 5.82. The fourth-order valence-electron chi connectivity index (χ4n) is 4.33. The average molecular weight is 372 g/mol. The van der Waals surface area contributed by atoms with Gasteiger partial charge >= 0.3 is 0 Å². The molecule has 1 aromatic carbocycles. The molecule has 0 bridgehead atoms. The Labute approximate surface area is 161 Å². The third kappa shape index (κ3) is 4.08. The highest BCUT2D eigenvalue weighted by Gasteiger charge is 2.41. The van der Waals surface area contributed by atoms with Crippen molar-refractivity contribution < 1.29 is 9.18 Å². The molecule has 0 unspecified atom stereocenters. The van der Waals surface area contributed by atoms with Crippen molar-refractivity contribution >= 4 is 11.6 Å². The molecule has 0 spiro atoms. The van der Waals surface area contributed by atoms with E-state index in [2.05, 4.69) is 15.9 Å². The van der Waals surface area contributed by atoms with Crippen molar-refractivity contribution in [1.82, 2.24) is 9.80 Å². The highest BCUT2D eigenvalue weighted by atomic mass is 19.1. The molecule has 146 valence electrons. The first-order chi connectivity index (χ1) is 13.0. The quantitative estimate of drug-likeness (QED) is 0.815. The fraction of sp³-hybridized carbons (Fsp3) is 0.619. The molecular weight excluding hydrogens is 343 g/mol. The van der Waals surface area contributed by atoms with Crippen molar-refractivity contribution in [2.75, 3.05) is 38.1 Å². The van der Waals surface area contributed by atoms with Gasteiger partial charge in [0.05, 0.1) is 12.1 Å². The summed E-state index contributed by atoms with van der Waals surface area (Å²) in [5.41, 5.74) is 0.372. The lowest BCUT2D eigenvalue weighted by Crippen LogP contribution is -2.58. The van der Waals surface area contributed by atoms with Crippen LogP contribution in [0.2, 0.25) is 0 Å². The molecule has 0 N–H and O–H groups in total. The molecule has 1 heterocycles. The maximum atomic E-state index is 13.1. The molecule has 0 aromatic heterocycles. The molecule has 1 aromatic rings. The number of halogens is 1. The maximum Gasteiger partial charge on any atom is 0.240 e. The molecule has 2 fully saturated rings. The number of hydrogen-bond acceptors (Lipinski definition) is 4. The Morgan fingerprint density at radius 1 is 1.15 bits per heavy atom. The van der Waals surface area contributed by atoms with Gasteiger partial charge < -0.3 is 9.80 Å². The molecule has 1 saturated heterocycles. The monoisotopic (exact) mass is 372 g/mol. The third-order valence-corrected chi connectivity index (χ3v) is 6.27. The summed E-state index contributed by atoms with van der Waals surface area (Å²) in [6, 6.07) is 8.76. The molecule has 1 saturated carbocycles. The smallest absolute Gasteiger partial charge is 0.240 e. The molecule has 1 aliphatic heterocycles. The Morgan fingerprint density at radius 2 is 1.74 bits per heavy atom. The molecule has 2 aliphatic rings. The first-order valence-corrected chi connectivity index (χ1v) is 9.90. The van der Waals surface area contributed by atoms with Crippen LogP contribution in [0.25, 0.3) is 0 Å². The van der Waals surface area contributed by atoms with E-state index in [-0.39, 0.29) is 17.8 Å². The Morgan fingerprint density at radius 3 is 2.30 bits per heavy atom. The predicted octanol–water partition coefficient (Wildman–Crippen LogP) is 3.02. The number of anilines is 1. The Kier molecular flexibility index (Phi) is 6.01. The first kappa shape index (κ1) is 19.6. The van der Waals surface area contributed by atoms with Crippen molar-refractivity contribution in [3.8, 4) is 6.07 Å². The van der Waals surface area contributed by atoms with Crippen molar-refractivity contribution in [3.05, 3.63) is 30.1 Å². The maximum absolute atomic E-state index is 13.1. The molecule has 5 nitrogen and oxygen atoms in total. The first-order valence-electron chi connectivity index (χ1n) is 9.90. The molecule has 1 aliphatic carbocycles. The van der Waals surface area contributed by atoms with E-state index in [4.69, 9.17) is 0 Å². The summed E-state index contributed by atoms with van der Waals surface area (Å²) in [6.07, 6.45) is 4.71. The van der Waals surface area contributed by atoms with E-state index >= 15 is 0 Å². The van der Waals surface area contributed by atoms with Crippen molar-refractivity contribution in [2.24, 2.45) is 0 Å². The lowest BCUT2D eigenvalue weighted by Gasteiger charge is -2.43. The van der Waals surface area contributed by atoms with Crippen LogP contribution in [0.1, 0.15) is 39.0 Å². The van der Waals surface area contributed by atoms with Crippen LogP contribution in [0.4, 0.5) is 10.1 Å². The zero-order valence-electron chi connectivity index (χ0n) is 16.3. The van der Waals surface area contributed by atoms with Gasteiger partial charge in [-0.2, -0.15) is 5.26 Å². The number of piperazine rings is 1. The summed E-state index contributed by atoms with van der Waals surface area (Å²) < 4.78 is 13.1. The van der Waals surface area contributed by atoms with E-state index in [1.807, 2.05) is 6.92 Å². The zero-order chi connectivity index (χ0) is 19.4. The third-order valence-electron chi connectivity index (χ3n) is 6.27. The molecular formula is C21H29FN4O. The van der Waals surface area contributed by atoms with Crippen LogP contribution in [-0.4, -0.2) is 60.5 Å². The van der Waals surface area contributed by atoms with Crippen LogP contribution in [0.5, 0.6) is 0 Å². The Hall–Kier alpha value is -2.13. The second-order valence-corrected chi connectivity index (χ2v) is 7.78. The van der Waals surface area contributed by atoms with E-state index in [1.54, 1.807) is 24.1 Å². The van der Waals surface area contributed by atoms with E-state index in [0.29, 0.717) is 0 Å². The Balaban J connectivity index is 1.59. The second kappa shape index (κ2) is 8.26. The number of carbonyl (C=O) groups is 1. The number of nitrogens with zero attached hydrogens (tertiary/aromatic N) is 4. The van der Waals surface area contributed by atoms with Crippen LogP contribution in [0.15, 0.2) is 24.3 Å². The molecule has 27 heavy (non-hydrogen) atoms. The largest absolute Gasteiger partial charge is 0.369 e. The predicted molar refractivity (Wildman–Crippen MR) is 104 cm³/mol. The number of likely N-dealkylation sites (N-methyl/N-ethyl adjacent to an activating group) is 1. The van der Waals surface area contributed by atoms with E-state index < -0.39 is 5.54 Å². The number of carbonyl (C=O) groups excluding carboxylic acids is 1. The number of rotatable bonds is 4. The van der Waals surface area contributed by atoms with Gasteiger partial charge in [-0.15, -0.1) is 0 Å². The second-order valence-electron chi connectivity index (χ2n) is 7.78. The van der Waals surface area contributed by atoms with Crippen LogP contribution < -0.4 is 4.90 Å². The van der Waals surface area contributed by atoms with Gasteiger partial charge in [-0.1, -0.05) is 19.3 Å². The van der Waals surface area contributed by atoms with Gasteiger partial charge in [-0.25, -0.2) is 4.39 Å². The summed E-state index contributed by atoms with van der Waals surface area (Å²) in [4.78, 5) is 19.2. The summed E-state index contributed by atoms with van der Waals surface area (Å²) in [5, 5.41) is 9.74.